The van der Waals surface area contributed by atoms with Gasteiger partial charge in [0, 0.05) is 23.0 Å². The van der Waals surface area contributed by atoms with Crippen molar-refractivity contribution in [3.63, 3.8) is 0 Å². The van der Waals surface area contributed by atoms with Crippen LogP contribution in [0.4, 0.5) is 4.79 Å². The van der Waals surface area contributed by atoms with Crippen LogP contribution in [0.3, 0.4) is 0 Å². The van der Waals surface area contributed by atoms with E-state index in [1.807, 2.05) is 45.0 Å². The van der Waals surface area contributed by atoms with Crippen LogP contribution < -0.4 is 16.0 Å². The number of alkyl carbamates (subject to hydrolysis) is 1. The minimum atomic E-state index is -0.567. The van der Waals surface area contributed by atoms with Crippen LogP contribution in [0, 0.1) is 0 Å². The van der Waals surface area contributed by atoms with Crippen LogP contribution in [0.5, 0.6) is 0 Å². The highest BCUT2D eigenvalue weighted by Crippen LogP contribution is 2.40. The summed E-state index contributed by atoms with van der Waals surface area (Å²) in [6, 6.07) is 7.91. The van der Waals surface area contributed by atoms with Gasteiger partial charge in [-0.15, -0.1) is 0 Å². The third-order valence-electron chi connectivity index (χ3n) is 5.64. The molecule has 1 aromatic rings. The Kier molecular flexibility index (Phi) is 9.98. The first-order chi connectivity index (χ1) is 15.5. The molecule has 0 aromatic heterocycles. The smallest absolute Gasteiger partial charge is 0.407 e. The average Bonchev–Trinajstić information content (AvgIpc) is 2.74. The SMILES string of the molecule is CCOC(=O)CNC(=O)CN[C@H]1CC[C@](CNC(=O)OC(C)(C)C)(c2cccc(Cl)c2)CC1. The molecule has 1 aliphatic rings. The summed E-state index contributed by atoms with van der Waals surface area (Å²) in [7, 11) is 0. The molecule has 33 heavy (non-hydrogen) atoms. The lowest BCUT2D eigenvalue weighted by molar-refractivity contribution is -0.143. The second-order valence-electron chi connectivity index (χ2n) is 9.38. The maximum atomic E-state index is 12.3. The van der Waals surface area contributed by atoms with Crippen molar-refractivity contribution in [2.24, 2.45) is 0 Å². The topological polar surface area (TPSA) is 106 Å². The highest BCUT2D eigenvalue weighted by Gasteiger charge is 2.37. The Morgan fingerprint density at radius 2 is 1.82 bits per heavy atom. The van der Waals surface area contributed by atoms with Crippen LogP contribution >= 0.6 is 11.6 Å². The van der Waals surface area contributed by atoms with E-state index in [9.17, 15) is 14.4 Å². The van der Waals surface area contributed by atoms with Crippen LogP contribution in [-0.4, -0.2) is 55.9 Å². The van der Waals surface area contributed by atoms with Crippen LogP contribution in [0.2, 0.25) is 5.02 Å². The van der Waals surface area contributed by atoms with E-state index in [0.29, 0.717) is 11.6 Å². The summed E-state index contributed by atoms with van der Waals surface area (Å²) in [4.78, 5) is 35.7. The molecule has 2 amide bonds. The molecule has 0 atom stereocenters. The molecule has 1 aromatic carbocycles. The van der Waals surface area contributed by atoms with E-state index in [0.717, 1.165) is 31.2 Å². The van der Waals surface area contributed by atoms with Crippen molar-refractivity contribution in [2.75, 3.05) is 26.2 Å². The van der Waals surface area contributed by atoms with Gasteiger partial charge in [0.05, 0.1) is 13.2 Å². The molecule has 3 N–H and O–H groups in total. The van der Waals surface area contributed by atoms with Crippen molar-refractivity contribution < 1.29 is 23.9 Å². The van der Waals surface area contributed by atoms with Gasteiger partial charge in [-0.25, -0.2) is 4.79 Å². The molecule has 0 spiro atoms. The molecule has 0 unspecified atom stereocenters. The quantitative estimate of drug-likeness (QED) is 0.467. The molecule has 184 valence electrons. The van der Waals surface area contributed by atoms with Gasteiger partial charge >= 0.3 is 12.1 Å². The van der Waals surface area contributed by atoms with E-state index < -0.39 is 17.7 Å². The summed E-state index contributed by atoms with van der Waals surface area (Å²) in [5.74, 6) is -0.700. The molecule has 1 aliphatic carbocycles. The molecule has 0 saturated heterocycles. The first kappa shape index (κ1) is 26.9. The Morgan fingerprint density at radius 1 is 1.12 bits per heavy atom. The van der Waals surface area contributed by atoms with Crippen LogP contribution in [0.25, 0.3) is 0 Å². The summed E-state index contributed by atoms with van der Waals surface area (Å²) < 4.78 is 10.2. The number of carbonyl (C=O) groups excluding carboxylic acids is 3. The number of amides is 2. The Bertz CT molecular complexity index is 817. The number of ether oxygens (including phenoxy) is 2. The largest absolute Gasteiger partial charge is 0.465 e. The first-order valence-corrected chi connectivity index (χ1v) is 11.8. The molecule has 0 radical (unpaired) electrons. The molecule has 1 fully saturated rings. The maximum Gasteiger partial charge on any atom is 0.407 e. The van der Waals surface area contributed by atoms with Gasteiger partial charge in [-0.2, -0.15) is 0 Å². The van der Waals surface area contributed by atoms with Crippen molar-refractivity contribution in [3.05, 3.63) is 34.9 Å². The number of benzene rings is 1. The Hall–Kier alpha value is -2.32. The zero-order chi connectivity index (χ0) is 24.5. The van der Waals surface area contributed by atoms with Gasteiger partial charge in [-0.05, 0) is 71.1 Å². The van der Waals surface area contributed by atoms with E-state index in [-0.39, 0.29) is 37.1 Å². The molecule has 0 heterocycles. The van der Waals surface area contributed by atoms with E-state index in [2.05, 4.69) is 16.0 Å². The Balaban J connectivity index is 1.94. The van der Waals surface area contributed by atoms with Gasteiger partial charge < -0.3 is 25.4 Å². The molecule has 9 heteroatoms. The van der Waals surface area contributed by atoms with E-state index in [4.69, 9.17) is 21.1 Å². The van der Waals surface area contributed by atoms with Crippen LogP contribution in [0.15, 0.2) is 24.3 Å². The summed E-state index contributed by atoms with van der Waals surface area (Å²) in [6.45, 7) is 7.94. The minimum Gasteiger partial charge on any atom is -0.465 e. The second kappa shape index (κ2) is 12.2. The minimum absolute atomic E-state index is 0.129. The van der Waals surface area contributed by atoms with Crippen molar-refractivity contribution in [1.82, 2.24) is 16.0 Å². The van der Waals surface area contributed by atoms with Gasteiger partial charge in [0.2, 0.25) is 5.91 Å². The number of rotatable bonds is 9. The molecule has 1 saturated carbocycles. The number of halogens is 1. The highest BCUT2D eigenvalue weighted by atomic mass is 35.5. The Labute approximate surface area is 201 Å². The van der Waals surface area contributed by atoms with Crippen molar-refractivity contribution >= 4 is 29.6 Å². The van der Waals surface area contributed by atoms with E-state index >= 15 is 0 Å². The normalized spacial score (nSPS) is 20.6. The molecule has 2 rings (SSSR count). The predicted molar refractivity (Wildman–Crippen MR) is 127 cm³/mol. The molecular formula is C24H36ClN3O5. The van der Waals surface area contributed by atoms with Gasteiger partial charge in [-0.3, -0.25) is 9.59 Å². The first-order valence-electron chi connectivity index (χ1n) is 11.4. The predicted octanol–water partition coefficient (Wildman–Crippen LogP) is 3.31. The zero-order valence-electron chi connectivity index (χ0n) is 20.0. The number of carbonyl (C=O) groups is 3. The van der Waals surface area contributed by atoms with Gasteiger partial charge in [0.1, 0.15) is 12.1 Å². The van der Waals surface area contributed by atoms with Gasteiger partial charge in [-0.1, -0.05) is 23.7 Å². The van der Waals surface area contributed by atoms with Crippen LogP contribution in [-0.2, 0) is 24.5 Å². The lowest BCUT2D eigenvalue weighted by Crippen LogP contribution is -2.48. The fourth-order valence-corrected chi connectivity index (χ4v) is 4.19. The fraction of sp³-hybridized carbons (Fsp3) is 0.625. The third-order valence-corrected chi connectivity index (χ3v) is 5.87. The molecular weight excluding hydrogens is 446 g/mol. The summed E-state index contributed by atoms with van der Waals surface area (Å²) in [5, 5.41) is 9.42. The van der Waals surface area contributed by atoms with Crippen molar-refractivity contribution in [1.29, 1.82) is 0 Å². The lowest BCUT2D eigenvalue weighted by atomic mass is 9.68. The molecule has 8 nitrogen and oxygen atoms in total. The standard InChI is InChI=1S/C24H36ClN3O5/c1-5-32-21(30)15-27-20(29)14-26-19-9-11-24(12-10-19,17-7-6-8-18(25)13-17)16-28-22(31)33-23(2,3)4/h6-8,13,19,26H,5,9-12,14-16H2,1-4H3,(H,27,29)(H,28,31)/t19-,24-. The highest BCUT2D eigenvalue weighted by molar-refractivity contribution is 6.30. The van der Waals surface area contributed by atoms with Crippen LogP contribution in [0.1, 0.15) is 58.9 Å². The number of nitrogens with one attached hydrogen (secondary N) is 3. The van der Waals surface area contributed by atoms with E-state index in [1.165, 1.54) is 0 Å². The summed E-state index contributed by atoms with van der Waals surface area (Å²) in [6.07, 6.45) is 2.83. The van der Waals surface area contributed by atoms with Crippen molar-refractivity contribution in [3.8, 4) is 0 Å². The summed E-state index contributed by atoms with van der Waals surface area (Å²) in [5.41, 5.74) is 0.242. The molecule has 0 aliphatic heterocycles. The van der Waals surface area contributed by atoms with Crippen molar-refractivity contribution in [2.45, 2.75) is 70.4 Å². The van der Waals surface area contributed by atoms with E-state index in [1.54, 1.807) is 6.92 Å². The molecule has 0 bridgehead atoms. The summed E-state index contributed by atoms with van der Waals surface area (Å²) >= 11 is 6.26. The second-order valence-corrected chi connectivity index (χ2v) is 9.82. The van der Waals surface area contributed by atoms with Gasteiger partial charge in [0.15, 0.2) is 0 Å². The fourth-order valence-electron chi connectivity index (χ4n) is 4.00. The average molecular weight is 482 g/mol. The number of hydrogen-bond donors (Lipinski definition) is 3. The van der Waals surface area contributed by atoms with Gasteiger partial charge in [0.25, 0.3) is 0 Å². The third kappa shape index (κ3) is 9.21. The Morgan fingerprint density at radius 3 is 2.42 bits per heavy atom. The number of hydrogen-bond acceptors (Lipinski definition) is 6. The zero-order valence-corrected chi connectivity index (χ0v) is 20.7. The number of esters is 1. The lowest BCUT2D eigenvalue weighted by Gasteiger charge is -2.41. The maximum absolute atomic E-state index is 12.3. The monoisotopic (exact) mass is 481 g/mol.